The standard InChI is InChI=1S/C13H20ClNO2/c1-9(2)15-7-12(16)8-17-13-5-4-11(14)6-10(13)3/h4-6,9,12,15-16H,7-8H2,1-3H3/p+1/t12-/m1/s1. The van der Waals surface area contributed by atoms with E-state index in [1.807, 2.05) is 19.1 Å². The van der Waals surface area contributed by atoms with Gasteiger partial charge >= 0.3 is 0 Å². The molecule has 1 atom stereocenters. The molecule has 0 aliphatic rings. The molecule has 1 aromatic carbocycles. The van der Waals surface area contributed by atoms with E-state index >= 15 is 0 Å². The van der Waals surface area contributed by atoms with Crippen molar-refractivity contribution in [2.75, 3.05) is 13.2 Å². The third kappa shape index (κ3) is 5.39. The van der Waals surface area contributed by atoms with Gasteiger partial charge < -0.3 is 15.2 Å². The number of aryl methyl sites for hydroxylation is 1. The zero-order valence-electron chi connectivity index (χ0n) is 10.6. The van der Waals surface area contributed by atoms with Crippen LogP contribution in [-0.4, -0.2) is 30.4 Å². The summed E-state index contributed by atoms with van der Waals surface area (Å²) in [5.41, 5.74) is 0.984. The van der Waals surface area contributed by atoms with E-state index in [4.69, 9.17) is 16.3 Å². The minimum atomic E-state index is -0.451. The van der Waals surface area contributed by atoms with Crippen LogP contribution in [0.3, 0.4) is 0 Å². The summed E-state index contributed by atoms with van der Waals surface area (Å²) in [4.78, 5) is 0. The largest absolute Gasteiger partial charge is 0.490 e. The Kier molecular flexibility index (Phi) is 5.75. The van der Waals surface area contributed by atoms with Crippen LogP contribution in [0.4, 0.5) is 0 Å². The third-order valence-corrected chi connectivity index (χ3v) is 2.68. The Balaban J connectivity index is 2.39. The summed E-state index contributed by atoms with van der Waals surface area (Å²) < 4.78 is 5.56. The first-order chi connectivity index (χ1) is 7.99. The SMILES string of the molecule is Cc1cc(Cl)ccc1OC[C@H](O)C[NH2+]C(C)C. The van der Waals surface area contributed by atoms with Gasteiger partial charge in [0.25, 0.3) is 0 Å². The van der Waals surface area contributed by atoms with Gasteiger partial charge in [-0.05, 0) is 44.5 Å². The summed E-state index contributed by atoms with van der Waals surface area (Å²) >= 11 is 5.85. The molecule has 0 amide bonds. The molecule has 4 heteroatoms. The Morgan fingerprint density at radius 2 is 2.12 bits per heavy atom. The van der Waals surface area contributed by atoms with Crippen molar-refractivity contribution in [3.05, 3.63) is 28.8 Å². The fraction of sp³-hybridized carbons (Fsp3) is 0.538. The van der Waals surface area contributed by atoms with Crippen LogP contribution >= 0.6 is 11.6 Å². The summed E-state index contributed by atoms with van der Waals surface area (Å²) in [5.74, 6) is 0.776. The monoisotopic (exact) mass is 258 g/mol. The highest BCUT2D eigenvalue weighted by molar-refractivity contribution is 6.30. The molecule has 0 unspecified atom stereocenters. The quantitative estimate of drug-likeness (QED) is 0.809. The van der Waals surface area contributed by atoms with Gasteiger partial charge in [0.05, 0.1) is 6.04 Å². The Bertz CT molecular complexity index is 355. The Labute approximate surface area is 108 Å². The highest BCUT2D eigenvalue weighted by atomic mass is 35.5. The first-order valence-electron chi connectivity index (χ1n) is 5.89. The second-order valence-electron chi connectivity index (χ2n) is 4.59. The molecule has 1 aromatic rings. The molecule has 0 bridgehead atoms. The molecule has 0 radical (unpaired) electrons. The molecule has 0 heterocycles. The lowest BCUT2D eigenvalue weighted by Gasteiger charge is -2.14. The average molecular weight is 259 g/mol. The number of nitrogens with two attached hydrogens (primary N) is 1. The van der Waals surface area contributed by atoms with Crippen molar-refractivity contribution in [2.45, 2.75) is 32.9 Å². The molecule has 0 saturated carbocycles. The number of ether oxygens (including phenoxy) is 1. The number of hydrogen-bond donors (Lipinski definition) is 2. The number of halogens is 1. The average Bonchev–Trinajstić information content (AvgIpc) is 2.25. The lowest BCUT2D eigenvalue weighted by molar-refractivity contribution is -0.688. The predicted octanol–water partition coefficient (Wildman–Crippen LogP) is 1.36. The fourth-order valence-electron chi connectivity index (χ4n) is 1.46. The van der Waals surface area contributed by atoms with Gasteiger partial charge in [-0.15, -0.1) is 0 Å². The molecule has 0 fully saturated rings. The van der Waals surface area contributed by atoms with Crippen molar-refractivity contribution in [1.29, 1.82) is 0 Å². The van der Waals surface area contributed by atoms with Gasteiger partial charge in [-0.25, -0.2) is 0 Å². The predicted molar refractivity (Wildman–Crippen MR) is 69.6 cm³/mol. The number of rotatable bonds is 6. The van der Waals surface area contributed by atoms with Crippen molar-refractivity contribution in [3.63, 3.8) is 0 Å². The number of aliphatic hydroxyl groups excluding tert-OH is 1. The van der Waals surface area contributed by atoms with Gasteiger partial charge in [0.15, 0.2) is 0 Å². The van der Waals surface area contributed by atoms with Crippen LogP contribution < -0.4 is 10.1 Å². The minimum absolute atomic E-state index is 0.311. The molecular formula is C13H21ClNO2+. The highest BCUT2D eigenvalue weighted by Gasteiger charge is 2.09. The molecule has 0 spiro atoms. The van der Waals surface area contributed by atoms with E-state index < -0.39 is 6.10 Å². The van der Waals surface area contributed by atoms with Crippen LogP contribution in [0.2, 0.25) is 5.02 Å². The summed E-state index contributed by atoms with van der Waals surface area (Å²) in [5, 5.41) is 12.5. The number of hydrogen-bond acceptors (Lipinski definition) is 2. The van der Waals surface area contributed by atoms with Crippen LogP contribution in [0.15, 0.2) is 18.2 Å². The normalized spacial score (nSPS) is 12.8. The van der Waals surface area contributed by atoms with Crippen LogP contribution in [0, 0.1) is 6.92 Å². The lowest BCUT2D eigenvalue weighted by atomic mass is 10.2. The first kappa shape index (κ1) is 14.3. The van der Waals surface area contributed by atoms with Crippen LogP contribution in [0.1, 0.15) is 19.4 Å². The molecule has 3 nitrogen and oxygen atoms in total. The van der Waals surface area contributed by atoms with Gasteiger partial charge in [-0.3, -0.25) is 0 Å². The van der Waals surface area contributed by atoms with E-state index in [0.29, 0.717) is 24.2 Å². The van der Waals surface area contributed by atoms with Gasteiger partial charge in [0.2, 0.25) is 0 Å². The maximum atomic E-state index is 9.72. The van der Waals surface area contributed by atoms with Crippen molar-refractivity contribution in [3.8, 4) is 5.75 Å². The van der Waals surface area contributed by atoms with E-state index in [0.717, 1.165) is 11.3 Å². The van der Waals surface area contributed by atoms with Crippen molar-refractivity contribution < 1.29 is 15.2 Å². The topological polar surface area (TPSA) is 46.1 Å². The molecular weight excluding hydrogens is 238 g/mol. The highest BCUT2D eigenvalue weighted by Crippen LogP contribution is 2.21. The number of quaternary nitrogens is 1. The first-order valence-corrected chi connectivity index (χ1v) is 6.27. The minimum Gasteiger partial charge on any atom is -0.490 e. The van der Waals surface area contributed by atoms with Crippen molar-refractivity contribution >= 4 is 11.6 Å². The van der Waals surface area contributed by atoms with Gasteiger partial charge in [-0.1, -0.05) is 11.6 Å². The number of benzene rings is 1. The van der Waals surface area contributed by atoms with Crippen LogP contribution in [0.25, 0.3) is 0 Å². The van der Waals surface area contributed by atoms with Crippen LogP contribution in [0.5, 0.6) is 5.75 Å². The molecule has 0 aromatic heterocycles. The molecule has 17 heavy (non-hydrogen) atoms. The molecule has 96 valence electrons. The van der Waals surface area contributed by atoms with E-state index in [1.165, 1.54) is 0 Å². The van der Waals surface area contributed by atoms with E-state index in [1.54, 1.807) is 6.07 Å². The molecule has 3 N–H and O–H groups in total. The molecule has 0 aliphatic heterocycles. The Morgan fingerprint density at radius 3 is 2.71 bits per heavy atom. The molecule has 0 aliphatic carbocycles. The van der Waals surface area contributed by atoms with Crippen molar-refractivity contribution in [2.24, 2.45) is 0 Å². The maximum Gasteiger partial charge on any atom is 0.137 e. The van der Waals surface area contributed by atoms with Gasteiger partial charge in [-0.2, -0.15) is 0 Å². The zero-order chi connectivity index (χ0) is 12.8. The molecule has 0 saturated heterocycles. The summed E-state index contributed by atoms with van der Waals surface area (Å²) in [6, 6.07) is 5.96. The second kappa shape index (κ2) is 6.84. The van der Waals surface area contributed by atoms with Crippen LogP contribution in [-0.2, 0) is 0 Å². The lowest BCUT2D eigenvalue weighted by Crippen LogP contribution is -2.90. The summed E-state index contributed by atoms with van der Waals surface area (Å²) in [6.45, 7) is 7.09. The van der Waals surface area contributed by atoms with E-state index in [9.17, 15) is 5.11 Å². The van der Waals surface area contributed by atoms with E-state index in [-0.39, 0.29) is 0 Å². The fourth-order valence-corrected chi connectivity index (χ4v) is 1.68. The van der Waals surface area contributed by atoms with Gasteiger partial charge in [0.1, 0.15) is 25.0 Å². The second-order valence-corrected chi connectivity index (χ2v) is 5.03. The molecule has 1 rings (SSSR count). The Hall–Kier alpha value is -0.770. The zero-order valence-corrected chi connectivity index (χ0v) is 11.4. The Morgan fingerprint density at radius 1 is 1.41 bits per heavy atom. The summed E-state index contributed by atoms with van der Waals surface area (Å²) in [6.07, 6.45) is -0.451. The van der Waals surface area contributed by atoms with Crippen molar-refractivity contribution in [1.82, 2.24) is 0 Å². The van der Waals surface area contributed by atoms with Gasteiger partial charge in [0, 0.05) is 5.02 Å². The smallest absolute Gasteiger partial charge is 0.137 e. The summed E-state index contributed by atoms with van der Waals surface area (Å²) in [7, 11) is 0. The maximum absolute atomic E-state index is 9.72. The number of aliphatic hydroxyl groups is 1. The van der Waals surface area contributed by atoms with E-state index in [2.05, 4.69) is 19.2 Å². The third-order valence-electron chi connectivity index (χ3n) is 2.45.